The highest BCUT2D eigenvalue weighted by Gasteiger charge is 2.20. The van der Waals surface area contributed by atoms with Crippen LogP contribution in [0.15, 0.2) is 179 Å². The van der Waals surface area contributed by atoms with Gasteiger partial charge in [-0.15, -0.1) is 22.7 Å². The molecule has 0 saturated heterocycles. The lowest BCUT2D eigenvalue weighted by Gasteiger charge is -2.26. The molecule has 4 heterocycles. The van der Waals surface area contributed by atoms with Gasteiger partial charge in [-0.25, -0.2) is 4.98 Å². The topological polar surface area (TPSA) is 42.4 Å². The number of benzene rings is 8. The van der Waals surface area contributed by atoms with Crippen molar-refractivity contribution >= 4 is 113 Å². The average molecular weight is 741 g/mol. The lowest BCUT2D eigenvalue weighted by Crippen LogP contribution is -2.09. The van der Waals surface area contributed by atoms with Crippen LogP contribution >= 0.6 is 22.7 Å². The van der Waals surface area contributed by atoms with E-state index in [-0.39, 0.29) is 0 Å². The summed E-state index contributed by atoms with van der Waals surface area (Å²) in [6, 6.07) is 60.3. The molecule has 6 heteroatoms. The van der Waals surface area contributed by atoms with Crippen LogP contribution in [0.4, 0.5) is 17.1 Å². The number of fused-ring (bicyclic) bond motifs is 11. The molecule has 55 heavy (non-hydrogen) atoms. The first-order valence-electron chi connectivity index (χ1n) is 18.3. The molecule has 4 nitrogen and oxygen atoms in total. The molecule has 0 radical (unpaired) electrons. The number of para-hydroxylation sites is 1. The third-order valence-electron chi connectivity index (χ3n) is 10.7. The average Bonchev–Trinajstić information content (AvgIpc) is 4.02. The zero-order valence-electron chi connectivity index (χ0n) is 29.2. The Morgan fingerprint density at radius 3 is 1.71 bits per heavy atom. The van der Waals surface area contributed by atoms with E-state index in [0.29, 0.717) is 5.89 Å². The first kappa shape index (κ1) is 30.7. The van der Waals surface area contributed by atoms with E-state index in [1.165, 1.54) is 40.3 Å². The summed E-state index contributed by atoms with van der Waals surface area (Å²) >= 11 is 3.69. The Morgan fingerprint density at radius 1 is 0.418 bits per heavy atom. The van der Waals surface area contributed by atoms with Gasteiger partial charge >= 0.3 is 0 Å². The van der Waals surface area contributed by atoms with Crippen LogP contribution in [0.1, 0.15) is 0 Å². The molecule has 0 aliphatic heterocycles. The van der Waals surface area contributed by atoms with E-state index in [1.54, 1.807) is 0 Å². The highest BCUT2D eigenvalue weighted by molar-refractivity contribution is 7.26. The molecular formula is C49H28N2O2S2. The molecule has 4 aromatic heterocycles. The number of thiophene rings is 2. The third kappa shape index (κ3) is 4.79. The maximum atomic E-state index is 6.62. The molecule has 0 N–H and O–H groups in total. The van der Waals surface area contributed by atoms with Crippen LogP contribution in [0, 0.1) is 0 Å². The number of hydrogen-bond donors (Lipinski definition) is 0. The number of anilines is 3. The molecule has 12 aromatic rings. The van der Waals surface area contributed by atoms with Crippen molar-refractivity contribution < 1.29 is 8.83 Å². The van der Waals surface area contributed by atoms with Gasteiger partial charge in [-0.1, -0.05) is 84.9 Å². The van der Waals surface area contributed by atoms with Gasteiger partial charge in [-0.3, -0.25) is 0 Å². The second kappa shape index (κ2) is 11.9. The minimum absolute atomic E-state index is 0.603. The summed E-state index contributed by atoms with van der Waals surface area (Å²) in [4.78, 5) is 7.20. The Bertz CT molecular complexity index is 3330. The SMILES string of the molecule is c1ccc(-c2nc3ccc4oc5c(-c6ccc(N(c7ccc8sc9ccccc9c8c7)c7ccc8sc9ccccc9c8c7)cc6)cccc5c4c3o2)cc1. The van der Waals surface area contributed by atoms with Crippen LogP contribution in [0.3, 0.4) is 0 Å². The first-order valence-corrected chi connectivity index (χ1v) is 19.9. The molecule has 0 spiro atoms. The summed E-state index contributed by atoms with van der Waals surface area (Å²) in [7, 11) is 0. The molecule has 8 aromatic carbocycles. The van der Waals surface area contributed by atoms with Crippen molar-refractivity contribution in [3.8, 4) is 22.6 Å². The molecule has 0 fully saturated rings. The fourth-order valence-electron chi connectivity index (χ4n) is 8.14. The normalized spacial score (nSPS) is 12.0. The number of furan rings is 1. The molecule has 0 bridgehead atoms. The quantitative estimate of drug-likeness (QED) is 0.176. The zero-order chi connectivity index (χ0) is 36.0. The van der Waals surface area contributed by atoms with E-state index in [9.17, 15) is 0 Å². The van der Waals surface area contributed by atoms with Crippen molar-refractivity contribution in [2.75, 3.05) is 4.90 Å². The maximum Gasteiger partial charge on any atom is 0.227 e. The van der Waals surface area contributed by atoms with Crippen molar-refractivity contribution in [2.45, 2.75) is 0 Å². The van der Waals surface area contributed by atoms with Crippen molar-refractivity contribution in [3.05, 3.63) is 170 Å². The van der Waals surface area contributed by atoms with E-state index in [0.717, 1.165) is 66.8 Å². The molecule has 0 amide bonds. The standard InChI is InChI=1S/C49H28N2O2S2/c1-2-9-30(10-3-1)49-50-40-23-24-41-46(48(40)53-49)37-14-8-13-34(47(37)52-41)29-17-19-31(20-18-29)51(32-21-25-44-38(27-32)35-11-4-6-15-42(35)54-44)33-22-26-45-39(28-33)36-12-5-7-16-43(36)55-45/h1-28H. The Morgan fingerprint density at radius 2 is 1.02 bits per heavy atom. The summed E-state index contributed by atoms with van der Waals surface area (Å²) in [6.45, 7) is 0. The zero-order valence-corrected chi connectivity index (χ0v) is 30.8. The van der Waals surface area contributed by atoms with Crippen LogP contribution in [-0.4, -0.2) is 4.98 Å². The van der Waals surface area contributed by atoms with Crippen LogP contribution in [0.25, 0.3) is 96.0 Å². The van der Waals surface area contributed by atoms with Crippen LogP contribution in [0.2, 0.25) is 0 Å². The first-order chi connectivity index (χ1) is 27.2. The van der Waals surface area contributed by atoms with Gasteiger partial charge < -0.3 is 13.7 Å². The minimum Gasteiger partial charge on any atom is -0.455 e. The fourth-order valence-corrected chi connectivity index (χ4v) is 10.3. The van der Waals surface area contributed by atoms with Crippen LogP contribution < -0.4 is 4.90 Å². The molecule has 0 aliphatic carbocycles. The molecule has 0 atom stereocenters. The predicted octanol–water partition coefficient (Wildman–Crippen LogP) is 15.3. The van der Waals surface area contributed by atoms with Gasteiger partial charge in [0, 0.05) is 73.9 Å². The van der Waals surface area contributed by atoms with Crippen molar-refractivity contribution in [2.24, 2.45) is 0 Å². The van der Waals surface area contributed by atoms with Crippen LogP contribution in [-0.2, 0) is 0 Å². The van der Waals surface area contributed by atoms with Gasteiger partial charge in [-0.05, 0) is 90.5 Å². The van der Waals surface area contributed by atoms with Gasteiger partial charge in [0.25, 0.3) is 0 Å². The monoisotopic (exact) mass is 740 g/mol. The second-order valence-corrected chi connectivity index (χ2v) is 16.1. The summed E-state index contributed by atoms with van der Waals surface area (Å²) in [6.07, 6.45) is 0. The van der Waals surface area contributed by atoms with E-state index in [1.807, 2.05) is 65.1 Å². The lowest BCUT2D eigenvalue weighted by molar-refractivity contribution is 0.622. The summed E-state index contributed by atoms with van der Waals surface area (Å²) in [5, 5.41) is 7.07. The maximum absolute atomic E-state index is 6.62. The molecule has 0 saturated carbocycles. The minimum atomic E-state index is 0.603. The third-order valence-corrected chi connectivity index (χ3v) is 13.0. The predicted molar refractivity (Wildman–Crippen MR) is 233 cm³/mol. The molecule has 0 aliphatic rings. The van der Waals surface area contributed by atoms with E-state index in [4.69, 9.17) is 13.8 Å². The Kier molecular flexibility index (Phi) is 6.64. The fraction of sp³-hybridized carbons (Fsp3) is 0. The Hall–Kier alpha value is -6.73. The number of rotatable bonds is 5. The van der Waals surface area contributed by atoms with Crippen molar-refractivity contribution in [3.63, 3.8) is 0 Å². The van der Waals surface area contributed by atoms with Gasteiger partial charge in [0.15, 0.2) is 5.58 Å². The number of hydrogen-bond acceptors (Lipinski definition) is 6. The second-order valence-electron chi connectivity index (χ2n) is 13.9. The van der Waals surface area contributed by atoms with E-state index >= 15 is 0 Å². The largest absolute Gasteiger partial charge is 0.455 e. The van der Waals surface area contributed by atoms with Gasteiger partial charge in [-0.2, -0.15) is 0 Å². The lowest BCUT2D eigenvalue weighted by atomic mass is 10.0. The Balaban J connectivity index is 1.00. The molecule has 258 valence electrons. The van der Waals surface area contributed by atoms with E-state index in [2.05, 4.69) is 132 Å². The number of aromatic nitrogens is 1. The van der Waals surface area contributed by atoms with Crippen molar-refractivity contribution in [1.29, 1.82) is 0 Å². The van der Waals surface area contributed by atoms with Crippen molar-refractivity contribution in [1.82, 2.24) is 4.98 Å². The van der Waals surface area contributed by atoms with Gasteiger partial charge in [0.1, 0.15) is 16.7 Å². The highest BCUT2D eigenvalue weighted by atomic mass is 32.1. The highest BCUT2D eigenvalue weighted by Crippen LogP contribution is 2.45. The number of nitrogens with zero attached hydrogens (tertiary/aromatic N) is 2. The number of oxazole rings is 1. The smallest absolute Gasteiger partial charge is 0.227 e. The summed E-state index contributed by atoms with van der Waals surface area (Å²) in [5.74, 6) is 0.603. The molecule has 0 unspecified atom stereocenters. The van der Waals surface area contributed by atoms with Crippen LogP contribution in [0.5, 0.6) is 0 Å². The summed E-state index contributed by atoms with van der Waals surface area (Å²) in [5.41, 5.74) is 9.52. The Labute approximate surface area is 322 Å². The van der Waals surface area contributed by atoms with Gasteiger partial charge in [0.05, 0.1) is 5.39 Å². The summed E-state index contributed by atoms with van der Waals surface area (Å²) < 4.78 is 18.2. The van der Waals surface area contributed by atoms with E-state index < -0.39 is 0 Å². The van der Waals surface area contributed by atoms with Gasteiger partial charge in [0.2, 0.25) is 5.89 Å². The molecule has 12 rings (SSSR count). The molecular weight excluding hydrogens is 713 g/mol.